The molecule has 0 aliphatic rings. The zero-order valence-corrected chi connectivity index (χ0v) is 15.4. The normalized spacial score (nSPS) is 12.5. The Morgan fingerprint density at radius 2 is 2.05 bits per heavy atom. The number of sulfonamides is 1. The largest absolute Gasteiger partial charge is 0.245 e. The summed E-state index contributed by atoms with van der Waals surface area (Å²) in [7, 11) is -3.54. The van der Waals surface area contributed by atoms with Crippen LogP contribution in [0.4, 0.5) is 0 Å². The number of aryl methyl sites for hydroxylation is 1. The van der Waals surface area contributed by atoms with Gasteiger partial charge in [-0.15, -0.1) is 34.3 Å². The van der Waals surface area contributed by atoms with Crippen LogP contribution in [0, 0.1) is 6.92 Å². The van der Waals surface area contributed by atoms with Gasteiger partial charge in [0.1, 0.15) is 4.90 Å². The lowest BCUT2D eigenvalue weighted by atomic mass is 10.3. The maximum atomic E-state index is 13.0. The number of halogens is 1. The highest BCUT2D eigenvalue weighted by atomic mass is 35.5. The van der Waals surface area contributed by atoms with Gasteiger partial charge in [0, 0.05) is 22.3 Å². The molecule has 0 aromatic carbocycles. The molecule has 3 nitrogen and oxygen atoms in total. The molecular formula is C14H18ClNO2S3. The van der Waals surface area contributed by atoms with Crippen LogP contribution < -0.4 is 0 Å². The molecule has 2 aromatic heterocycles. The van der Waals surface area contributed by atoms with Crippen molar-refractivity contribution < 1.29 is 8.42 Å². The average Bonchev–Trinajstić information content (AvgIpc) is 3.04. The molecule has 0 fully saturated rings. The number of thiophene rings is 2. The van der Waals surface area contributed by atoms with Gasteiger partial charge >= 0.3 is 0 Å². The maximum absolute atomic E-state index is 13.0. The van der Waals surface area contributed by atoms with Gasteiger partial charge in [0.15, 0.2) is 0 Å². The van der Waals surface area contributed by atoms with Crippen molar-refractivity contribution in [3.8, 4) is 0 Å². The highest BCUT2D eigenvalue weighted by Crippen LogP contribution is 2.32. The average molecular weight is 364 g/mol. The number of hydrogen-bond acceptors (Lipinski definition) is 4. The number of hydrogen-bond donors (Lipinski definition) is 0. The molecule has 116 valence electrons. The van der Waals surface area contributed by atoms with Crippen LogP contribution in [0.3, 0.4) is 0 Å². The van der Waals surface area contributed by atoms with Gasteiger partial charge in [0.25, 0.3) is 0 Å². The van der Waals surface area contributed by atoms with E-state index in [4.69, 9.17) is 11.6 Å². The molecule has 0 radical (unpaired) electrons. The van der Waals surface area contributed by atoms with E-state index in [9.17, 15) is 8.42 Å². The molecule has 2 aromatic rings. The van der Waals surface area contributed by atoms with Crippen molar-refractivity contribution in [1.82, 2.24) is 4.31 Å². The molecule has 0 aliphatic heterocycles. The van der Waals surface area contributed by atoms with Crippen LogP contribution in [0.1, 0.15) is 29.2 Å². The molecule has 0 atom stereocenters. The van der Waals surface area contributed by atoms with Gasteiger partial charge in [-0.3, -0.25) is 0 Å². The van der Waals surface area contributed by atoms with E-state index in [0.717, 1.165) is 10.4 Å². The lowest BCUT2D eigenvalue weighted by Crippen LogP contribution is -2.36. The molecule has 0 amide bonds. The van der Waals surface area contributed by atoms with Crippen LogP contribution in [0.5, 0.6) is 0 Å². The molecule has 0 N–H and O–H groups in total. The van der Waals surface area contributed by atoms with Gasteiger partial charge in [-0.05, 0) is 43.2 Å². The summed E-state index contributed by atoms with van der Waals surface area (Å²) in [5, 5.41) is 3.81. The first kappa shape index (κ1) is 17.0. The van der Waals surface area contributed by atoms with E-state index in [0.29, 0.717) is 16.3 Å². The fraction of sp³-hybridized carbons (Fsp3) is 0.429. The van der Waals surface area contributed by atoms with Gasteiger partial charge in [-0.25, -0.2) is 8.42 Å². The lowest BCUT2D eigenvalue weighted by Gasteiger charge is -2.26. The van der Waals surface area contributed by atoms with Gasteiger partial charge in [0.2, 0.25) is 10.0 Å². The third-order valence-electron chi connectivity index (χ3n) is 3.15. The van der Waals surface area contributed by atoms with E-state index in [2.05, 4.69) is 0 Å². The minimum Gasteiger partial charge on any atom is -0.207 e. The van der Waals surface area contributed by atoms with Crippen molar-refractivity contribution >= 4 is 44.3 Å². The highest BCUT2D eigenvalue weighted by molar-refractivity contribution is 7.89. The Bertz CT molecular complexity index is 690. The molecule has 0 bridgehead atoms. The first-order chi connectivity index (χ1) is 9.87. The van der Waals surface area contributed by atoms with Gasteiger partial charge in [-0.2, -0.15) is 4.31 Å². The lowest BCUT2D eigenvalue weighted by molar-refractivity contribution is 0.350. The van der Waals surface area contributed by atoms with E-state index in [-0.39, 0.29) is 11.9 Å². The topological polar surface area (TPSA) is 37.4 Å². The fourth-order valence-electron chi connectivity index (χ4n) is 2.14. The van der Waals surface area contributed by atoms with E-state index in [1.165, 1.54) is 11.3 Å². The Balaban J connectivity index is 2.45. The van der Waals surface area contributed by atoms with Gasteiger partial charge < -0.3 is 0 Å². The van der Waals surface area contributed by atoms with Crippen molar-refractivity contribution in [1.29, 1.82) is 0 Å². The summed E-state index contributed by atoms with van der Waals surface area (Å²) in [6, 6.07) is 3.78. The zero-order valence-electron chi connectivity index (χ0n) is 12.2. The fourth-order valence-corrected chi connectivity index (χ4v) is 6.56. The third kappa shape index (κ3) is 3.51. The van der Waals surface area contributed by atoms with Crippen LogP contribution >= 0.6 is 34.3 Å². The first-order valence-electron chi connectivity index (χ1n) is 6.55. The molecule has 0 saturated heterocycles. The van der Waals surface area contributed by atoms with E-state index in [1.54, 1.807) is 15.6 Å². The van der Waals surface area contributed by atoms with Crippen LogP contribution in [0.15, 0.2) is 27.8 Å². The predicted molar refractivity (Wildman–Crippen MR) is 90.8 cm³/mol. The minimum atomic E-state index is -3.54. The van der Waals surface area contributed by atoms with Crippen molar-refractivity contribution in [3.05, 3.63) is 38.2 Å². The molecule has 0 spiro atoms. The first-order valence-corrected chi connectivity index (χ1v) is 10.3. The summed E-state index contributed by atoms with van der Waals surface area (Å²) >= 11 is 8.88. The highest BCUT2D eigenvalue weighted by Gasteiger charge is 2.31. The Hall–Kier alpha value is -0.400. The SMILES string of the molecule is Cc1csc(CCl)c1S(=O)(=O)N(Cc1cccs1)C(C)C. The second-order valence-corrected chi connectivity index (χ2v) is 9.12. The van der Waals surface area contributed by atoms with Gasteiger partial charge in [-0.1, -0.05) is 6.07 Å². The number of nitrogens with zero attached hydrogens (tertiary/aromatic N) is 1. The van der Waals surface area contributed by atoms with Crippen LogP contribution in [0.2, 0.25) is 0 Å². The zero-order chi connectivity index (χ0) is 15.6. The Morgan fingerprint density at radius 1 is 1.33 bits per heavy atom. The van der Waals surface area contributed by atoms with Crippen LogP contribution in [-0.2, 0) is 22.4 Å². The Labute approximate surface area is 139 Å². The third-order valence-corrected chi connectivity index (χ3v) is 7.92. The van der Waals surface area contributed by atoms with Gasteiger partial charge in [0.05, 0.1) is 5.88 Å². The number of alkyl halides is 1. The summed E-state index contributed by atoms with van der Waals surface area (Å²) in [6.07, 6.45) is 0. The summed E-state index contributed by atoms with van der Waals surface area (Å²) in [5.74, 6) is 0.220. The van der Waals surface area contributed by atoms with Crippen molar-refractivity contribution in [3.63, 3.8) is 0 Å². The Morgan fingerprint density at radius 3 is 2.57 bits per heavy atom. The molecule has 2 heterocycles. The van der Waals surface area contributed by atoms with Crippen molar-refractivity contribution in [2.24, 2.45) is 0 Å². The number of rotatable bonds is 6. The van der Waals surface area contributed by atoms with E-state index < -0.39 is 10.0 Å². The summed E-state index contributed by atoms with van der Waals surface area (Å²) in [5.41, 5.74) is 0.771. The summed E-state index contributed by atoms with van der Waals surface area (Å²) < 4.78 is 27.6. The molecule has 0 unspecified atom stereocenters. The summed E-state index contributed by atoms with van der Waals surface area (Å²) in [4.78, 5) is 2.13. The second kappa shape index (κ2) is 6.79. The maximum Gasteiger partial charge on any atom is 0.245 e. The second-order valence-electron chi connectivity index (χ2n) is 5.03. The molecule has 0 saturated carbocycles. The monoisotopic (exact) mass is 363 g/mol. The predicted octanol–water partition coefficient (Wildman–Crippen LogP) is 4.46. The Kier molecular flexibility index (Phi) is 5.48. The molecule has 0 aliphatic carbocycles. The van der Waals surface area contributed by atoms with Crippen molar-refractivity contribution in [2.75, 3.05) is 0 Å². The van der Waals surface area contributed by atoms with Crippen LogP contribution in [-0.4, -0.2) is 18.8 Å². The molecule has 2 rings (SSSR count). The van der Waals surface area contributed by atoms with Crippen LogP contribution in [0.25, 0.3) is 0 Å². The van der Waals surface area contributed by atoms with Crippen molar-refractivity contribution in [2.45, 2.75) is 44.1 Å². The standard InChI is InChI=1S/C14H18ClNO2S3/c1-10(2)16(8-12-5-4-6-19-12)21(17,18)14-11(3)9-20-13(14)7-15/h4-6,9-10H,7-8H2,1-3H3. The van der Waals surface area contributed by atoms with E-state index in [1.807, 2.05) is 43.7 Å². The smallest absolute Gasteiger partial charge is 0.207 e. The molecular weight excluding hydrogens is 346 g/mol. The quantitative estimate of drug-likeness (QED) is 0.710. The molecule has 7 heteroatoms. The summed E-state index contributed by atoms with van der Waals surface area (Å²) in [6.45, 7) is 6.01. The molecule has 21 heavy (non-hydrogen) atoms. The van der Waals surface area contributed by atoms with E-state index >= 15 is 0 Å². The minimum absolute atomic E-state index is 0.112.